The average Bonchev–Trinajstić information content (AvgIpc) is 2.03. The van der Waals surface area contributed by atoms with Gasteiger partial charge in [-0.1, -0.05) is 0 Å². The standard InChI is InChI=1S/C6H11NO2.C2H4O2/c1-5-2-9-4-6(7-5)3-8-1;1-2(3)4/h5-7H,1-4H2;1H3,(H,3,4). The molecule has 5 nitrogen and oxygen atoms in total. The van der Waals surface area contributed by atoms with Crippen LogP contribution in [0.1, 0.15) is 6.92 Å². The average molecular weight is 189 g/mol. The third-order valence-corrected chi connectivity index (χ3v) is 1.75. The fraction of sp³-hybridized carbons (Fsp3) is 0.875. The van der Waals surface area contributed by atoms with E-state index in [1.165, 1.54) is 0 Å². The Morgan fingerprint density at radius 3 is 1.77 bits per heavy atom. The maximum absolute atomic E-state index is 9.00. The Bertz CT molecular complexity index is 150. The van der Waals surface area contributed by atoms with Crippen LogP contribution in [0.5, 0.6) is 0 Å². The van der Waals surface area contributed by atoms with Crippen molar-refractivity contribution in [3.63, 3.8) is 0 Å². The molecule has 2 rings (SSSR count). The molecule has 0 aromatic heterocycles. The molecule has 0 aliphatic carbocycles. The van der Waals surface area contributed by atoms with E-state index in [0.717, 1.165) is 33.4 Å². The molecule has 13 heavy (non-hydrogen) atoms. The smallest absolute Gasteiger partial charge is 0.300 e. The number of ether oxygens (including phenoxy) is 2. The zero-order valence-corrected chi connectivity index (χ0v) is 7.66. The van der Waals surface area contributed by atoms with Gasteiger partial charge in [0.2, 0.25) is 0 Å². The van der Waals surface area contributed by atoms with Crippen molar-refractivity contribution >= 4 is 5.97 Å². The van der Waals surface area contributed by atoms with Crippen LogP contribution in [0, 0.1) is 0 Å². The minimum Gasteiger partial charge on any atom is -0.481 e. The van der Waals surface area contributed by atoms with Gasteiger partial charge < -0.3 is 19.9 Å². The maximum Gasteiger partial charge on any atom is 0.300 e. The minimum atomic E-state index is -0.833. The minimum absolute atomic E-state index is 0.456. The number of carboxylic acids is 1. The highest BCUT2D eigenvalue weighted by Gasteiger charge is 2.25. The van der Waals surface area contributed by atoms with E-state index in [4.69, 9.17) is 19.4 Å². The van der Waals surface area contributed by atoms with Crippen molar-refractivity contribution in [1.29, 1.82) is 0 Å². The van der Waals surface area contributed by atoms with Crippen molar-refractivity contribution in [1.82, 2.24) is 5.32 Å². The van der Waals surface area contributed by atoms with Gasteiger partial charge in [0.1, 0.15) is 0 Å². The number of hydrogen-bond acceptors (Lipinski definition) is 4. The van der Waals surface area contributed by atoms with E-state index in [1.54, 1.807) is 0 Å². The molecule has 0 unspecified atom stereocenters. The Labute approximate surface area is 77.0 Å². The number of rotatable bonds is 0. The van der Waals surface area contributed by atoms with Crippen LogP contribution in [0.2, 0.25) is 0 Å². The summed E-state index contributed by atoms with van der Waals surface area (Å²) in [5, 5.41) is 10.8. The maximum atomic E-state index is 9.00. The second-order valence-corrected chi connectivity index (χ2v) is 3.15. The van der Waals surface area contributed by atoms with Gasteiger partial charge in [-0.25, -0.2) is 0 Å². The van der Waals surface area contributed by atoms with Crippen LogP contribution in [0.4, 0.5) is 0 Å². The van der Waals surface area contributed by atoms with Crippen LogP contribution in [-0.2, 0) is 14.3 Å². The van der Waals surface area contributed by atoms with Gasteiger partial charge in [-0.05, 0) is 0 Å². The molecule has 2 bridgehead atoms. The first-order chi connectivity index (χ1) is 6.18. The molecule has 0 aromatic carbocycles. The number of carboxylic acid groups (broad SMARTS) is 1. The second-order valence-electron chi connectivity index (χ2n) is 3.15. The van der Waals surface area contributed by atoms with Gasteiger partial charge >= 0.3 is 0 Å². The van der Waals surface area contributed by atoms with Gasteiger partial charge in [0.15, 0.2) is 0 Å². The number of fused-ring (bicyclic) bond motifs is 2. The Kier molecular flexibility index (Phi) is 4.14. The summed E-state index contributed by atoms with van der Waals surface area (Å²) in [6, 6.07) is 0.912. The van der Waals surface area contributed by atoms with Crippen LogP contribution in [0.25, 0.3) is 0 Å². The molecule has 0 aromatic rings. The van der Waals surface area contributed by atoms with Crippen molar-refractivity contribution in [3.8, 4) is 0 Å². The van der Waals surface area contributed by atoms with Crippen LogP contribution in [0.15, 0.2) is 0 Å². The van der Waals surface area contributed by atoms with Crippen LogP contribution >= 0.6 is 0 Å². The molecule has 76 valence electrons. The summed E-state index contributed by atoms with van der Waals surface area (Å²) in [7, 11) is 0. The lowest BCUT2D eigenvalue weighted by molar-refractivity contribution is -0.134. The summed E-state index contributed by atoms with van der Waals surface area (Å²) in [5.74, 6) is -0.833. The summed E-state index contributed by atoms with van der Waals surface area (Å²) < 4.78 is 10.6. The van der Waals surface area contributed by atoms with E-state index in [9.17, 15) is 0 Å². The predicted octanol–water partition coefficient (Wildman–Crippen LogP) is -0.535. The van der Waals surface area contributed by atoms with E-state index in [-0.39, 0.29) is 0 Å². The summed E-state index contributed by atoms with van der Waals surface area (Å²) in [4.78, 5) is 9.00. The predicted molar refractivity (Wildman–Crippen MR) is 45.7 cm³/mol. The molecule has 0 atom stereocenters. The van der Waals surface area contributed by atoms with Crippen molar-refractivity contribution in [2.24, 2.45) is 0 Å². The van der Waals surface area contributed by atoms with E-state index in [0.29, 0.717) is 12.1 Å². The molecule has 2 saturated heterocycles. The topological polar surface area (TPSA) is 67.8 Å². The molecule has 2 N–H and O–H groups in total. The van der Waals surface area contributed by atoms with Gasteiger partial charge in [-0.2, -0.15) is 0 Å². The molecule has 0 saturated carbocycles. The lowest BCUT2D eigenvalue weighted by Crippen LogP contribution is -2.56. The van der Waals surface area contributed by atoms with Crippen molar-refractivity contribution in [2.75, 3.05) is 26.4 Å². The van der Waals surface area contributed by atoms with Crippen molar-refractivity contribution in [3.05, 3.63) is 0 Å². The van der Waals surface area contributed by atoms with Crippen LogP contribution in [-0.4, -0.2) is 49.6 Å². The number of morpholine rings is 2. The first kappa shape index (κ1) is 10.4. The quantitative estimate of drug-likeness (QED) is 0.536. The summed E-state index contributed by atoms with van der Waals surface area (Å²) in [6.07, 6.45) is 0. The van der Waals surface area contributed by atoms with E-state index < -0.39 is 5.97 Å². The monoisotopic (exact) mass is 189 g/mol. The van der Waals surface area contributed by atoms with Gasteiger partial charge in [-0.15, -0.1) is 0 Å². The Morgan fingerprint density at radius 1 is 1.23 bits per heavy atom. The molecule has 2 heterocycles. The van der Waals surface area contributed by atoms with E-state index >= 15 is 0 Å². The number of carbonyl (C=O) groups is 1. The molecular weight excluding hydrogens is 174 g/mol. The fourth-order valence-electron chi connectivity index (χ4n) is 1.33. The third-order valence-electron chi connectivity index (χ3n) is 1.75. The third kappa shape index (κ3) is 4.21. The molecule has 2 aliphatic heterocycles. The number of nitrogens with one attached hydrogen (secondary N) is 1. The zero-order chi connectivity index (χ0) is 9.68. The highest BCUT2D eigenvalue weighted by atomic mass is 16.5. The highest BCUT2D eigenvalue weighted by molar-refractivity contribution is 5.62. The molecule has 2 aliphatic rings. The largest absolute Gasteiger partial charge is 0.481 e. The summed E-state index contributed by atoms with van der Waals surface area (Å²) in [5.41, 5.74) is 0. The Balaban J connectivity index is 0.000000184. The van der Waals surface area contributed by atoms with Gasteiger partial charge in [-0.3, -0.25) is 4.79 Å². The summed E-state index contributed by atoms with van der Waals surface area (Å²) >= 11 is 0. The first-order valence-corrected chi connectivity index (χ1v) is 4.29. The molecular formula is C8H15NO4. The Hall–Kier alpha value is -0.650. The SMILES string of the molecule is C1OCC2COCC1N2.CC(=O)O. The fourth-order valence-corrected chi connectivity index (χ4v) is 1.33. The first-order valence-electron chi connectivity index (χ1n) is 4.29. The van der Waals surface area contributed by atoms with E-state index in [2.05, 4.69) is 5.32 Å². The number of hydrogen-bond donors (Lipinski definition) is 2. The van der Waals surface area contributed by atoms with Crippen molar-refractivity contribution in [2.45, 2.75) is 19.0 Å². The zero-order valence-electron chi connectivity index (χ0n) is 7.66. The second kappa shape index (κ2) is 5.16. The van der Waals surface area contributed by atoms with Gasteiger partial charge in [0.25, 0.3) is 5.97 Å². The van der Waals surface area contributed by atoms with Gasteiger partial charge in [0, 0.05) is 6.92 Å². The molecule has 0 radical (unpaired) electrons. The van der Waals surface area contributed by atoms with Crippen molar-refractivity contribution < 1.29 is 19.4 Å². The lowest BCUT2D eigenvalue weighted by atomic mass is 10.2. The highest BCUT2D eigenvalue weighted by Crippen LogP contribution is 2.05. The number of aliphatic carboxylic acids is 1. The normalized spacial score (nSPS) is 31.5. The van der Waals surface area contributed by atoms with E-state index in [1.807, 2.05) is 0 Å². The Morgan fingerprint density at radius 2 is 1.54 bits per heavy atom. The molecule has 5 heteroatoms. The molecule has 0 amide bonds. The van der Waals surface area contributed by atoms with Crippen LogP contribution < -0.4 is 5.32 Å². The molecule has 0 spiro atoms. The lowest BCUT2D eigenvalue weighted by Gasteiger charge is -2.35. The molecule has 2 fully saturated rings. The van der Waals surface area contributed by atoms with Gasteiger partial charge in [0.05, 0.1) is 38.5 Å². The van der Waals surface area contributed by atoms with Crippen LogP contribution in [0.3, 0.4) is 0 Å². The summed E-state index contributed by atoms with van der Waals surface area (Å²) in [6.45, 7) is 4.35.